The molecule has 0 atom stereocenters. The zero-order valence-corrected chi connectivity index (χ0v) is 5.81. The summed E-state index contributed by atoms with van der Waals surface area (Å²) in [6, 6.07) is 0.254. The van der Waals surface area contributed by atoms with E-state index in [-0.39, 0.29) is 6.04 Å². The van der Waals surface area contributed by atoms with Gasteiger partial charge >= 0.3 is 11.8 Å². The summed E-state index contributed by atoms with van der Waals surface area (Å²) in [5.74, 6) is -1.09. The quantitative estimate of drug-likeness (QED) is 0.462. The molecule has 0 spiro atoms. The second kappa shape index (κ2) is 2.68. The Bertz CT molecular complexity index is 163. The van der Waals surface area contributed by atoms with Crippen molar-refractivity contribution in [3.63, 3.8) is 0 Å². The SMILES string of the molecule is CNC(=O)C(=O)NC1CC1. The second-order valence-electron chi connectivity index (χ2n) is 2.33. The van der Waals surface area contributed by atoms with Crippen molar-refractivity contribution in [2.75, 3.05) is 7.05 Å². The summed E-state index contributed by atoms with van der Waals surface area (Å²) < 4.78 is 0. The lowest BCUT2D eigenvalue weighted by atomic mass is 10.5. The molecule has 0 aromatic heterocycles. The van der Waals surface area contributed by atoms with Crippen molar-refractivity contribution >= 4 is 11.8 Å². The van der Waals surface area contributed by atoms with E-state index in [1.807, 2.05) is 0 Å². The lowest BCUT2D eigenvalue weighted by Gasteiger charge is -1.99. The lowest BCUT2D eigenvalue weighted by molar-refractivity contribution is -0.138. The highest BCUT2D eigenvalue weighted by Crippen LogP contribution is 2.18. The predicted octanol–water partition coefficient (Wildman–Crippen LogP) is -0.989. The third-order valence-corrected chi connectivity index (χ3v) is 1.35. The van der Waals surface area contributed by atoms with E-state index in [9.17, 15) is 9.59 Å². The molecule has 4 heteroatoms. The van der Waals surface area contributed by atoms with Crippen LogP contribution in [-0.2, 0) is 9.59 Å². The molecule has 10 heavy (non-hydrogen) atoms. The molecule has 2 amide bonds. The Morgan fingerprint density at radius 1 is 1.30 bits per heavy atom. The summed E-state index contributed by atoms with van der Waals surface area (Å²) in [6.07, 6.45) is 2.01. The molecule has 4 nitrogen and oxygen atoms in total. The molecule has 0 aromatic rings. The van der Waals surface area contributed by atoms with Crippen LogP contribution in [0.2, 0.25) is 0 Å². The largest absolute Gasteiger partial charge is 0.351 e. The van der Waals surface area contributed by atoms with Crippen LogP contribution in [0.3, 0.4) is 0 Å². The van der Waals surface area contributed by atoms with Gasteiger partial charge in [0.2, 0.25) is 0 Å². The zero-order valence-electron chi connectivity index (χ0n) is 5.81. The Labute approximate surface area is 59.0 Å². The van der Waals surface area contributed by atoms with Crippen LogP contribution >= 0.6 is 0 Å². The van der Waals surface area contributed by atoms with Gasteiger partial charge in [0.15, 0.2) is 0 Å². The van der Waals surface area contributed by atoms with Gasteiger partial charge in [-0.25, -0.2) is 0 Å². The fourth-order valence-electron chi connectivity index (χ4n) is 0.592. The third kappa shape index (κ3) is 1.72. The van der Waals surface area contributed by atoms with Crippen LogP contribution in [0, 0.1) is 0 Å². The van der Waals surface area contributed by atoms with Gasteiger partial charge in [-0.05, 0) is 12.8 Å². The maximum absolute atomic E-state index is 10.7. The fraction of sp³-hybridized carbons (Fsp3) is 0.667. The summed E-state index contributed by atoms with van der Waals surface area (Å²) in [5, 5.41) is 4.80. The molecule has 0 radical (unpaired) electrons. The van der Waals surface area contributed by atoms with Gasteiger partial charge in [-0.3, -0.25) is 9.59 Å². The first-order chi connectivity index (χ1) is 4.74. The number of carbonyl (C=O) groups is 2. The maximum atomic E-state index is 10.7. The Hall–Kier alpha value is -1.06. The van der Waals surface area contributed by atoms with E-state index in [2.05, 4.69) is 10.6 Å². The molecule has 1 aliphatic carbocycles. The van der Waals surface area contributed by atoms with Crippen LogP contribution in [0.1, 0.15) is 12.8 Å². The molecule has 1 aliphatic rings. The topological polar surface area (TPSA) is 58.2 Å². The van der Waals surface area contributed by atoms with Crippen molar-refractivity contribution in [2.45, 2.75) is 18.9 Å². The van der Waals surface area contributed by atoms with E-state index in [0.29, 0.717) is 0 Å². The smallest absolute Gasteiger partial charge is 0.309 e. The minimum atomic E-state index is -0.563. The van der Waals surface area contributed by atoms with Gasteiger partial charge in [-0.1, -0.05) is 0 Å². The Morgan fingerprint density at radius 2 is 1.90 bits per heavy atom. The number of likely N-dealkylation sites (N-methyl/N-ethyl adjacent to an activating group) is 1. The number of nitrogens with one attached hydrogen (secondary N) is 2. The summed E-state index contributed by atoms with van der Waals surface area (Å²) in [6.45, 7) is 0. The monoisotopic (exact) mass is 142 g/mol. The highest BCUT2D eigenvalue weighted by atomic mass is 16.2. The number of carbonyl (C=O) groups excluding carboxylic acids is 2. The summed E-state index contributed by atoms with van der Waals surface area (Å²) in [4.78, 5) is 21.3. The molecule has 56 valence electrons. The number of hydrogen-bond acceptors (Lipinski definition) is 2. The summed E-state index contributed by atoms with van der Waals surface area (Å²) in [5.41, 5.74) is 0. The van der Waals surface area contributed by atoms with Crippen LogP contribution in [0.15, 0.2) is 0 Å². The van der Waals surface area contributed by atoms with Gasteiger partial charge in [0.05, 0.1) is 0 Å². The van der Waals surface area contributed by atoms with E-state index in [1.165, 1.54) is 7.05 Å². The fourth-order valence-corrected chi connectivity index (χ4v) is 0.592. The average molecular weight is 142 g/mol. The first kappa shape index (κ1) is 7.05. The summed E-state index contributed by atoms with van der Waals surface area (Å²) in [7, 11) is 1.44. The molecular formula is C6H10N2O2. The van der Waals surface area contributed by atoms with Gasteiger partial charge in [0.25, 0.3) is 0 Å². The summed E-state index contributed by atoms with van der Waals surface area (Å²) >= 11 is 0. The number of amides is 2. The maximum Gasteiger partial charge on any atom is 0.309 e. The van der Waals surface area contributed by atoms with Crippen LogP contribution in [0.4, 0.5) is 0 Å². The number of rotatable bonds is 1. The minimum Gasteiger partial charge on any atom is -0.351 e. The van der Waals surface area contributed by atoms with Crippen LogP contribution < -0.4 is 10.6 Å². The van der Waals surface area contributed by atoms with Gasteiger partial charge in [0, 0.05) is 13.1 Å². The van der Waals surface area contributed by atoms with Gasteiger partial charge in [-0.15, -0.1) is 0 Å². The Kier molecular flexibility index (Phi) is 1.89. The molecule has 2 N–H and O–H groups in total. The molecule has 0 bridgehead atoms. The van der Waals surface area contributed by atoms with Crippen molar-refractivity contribution in [3.05, 3.63) is 0 Å². The molecular weight excluding hydrogens is 132 g/mol. The number of hydrogen-bond donors (Lipinski definition) is 2. The van der Waals surface area contributed by atoms with Gasteiger partial charge < -0.3 is 10.6 Å². The van der Waals surface area contributed by atoms with Crippen molar-refractivity contribution < 1.29 is 9.59 Å². The molecule has 0 aromatic carbocycles. The highest BCUT2D eigenvalue weighted by Gasteiger charge is 2.25. The minimum absolute atomic E-state index is 0.254. The van der Waals surface area contributed by atoms with Crippen LogP contribution in [0.25, 0.3) is 0 Å². The van der Waals surface area contributed by atoms with Crippen LogP contribution in [-0.4, -0.2) is 24.9 Å². The Morgan fingerprint density at radius 3 is 2.30 bits per heavy atom. The highest BCUT2D eigenvalue weighted by molar-refractivity contribution is 6.35. The normalized spacial score (nSPS) is 16.1. The third-order valence-electron chi connectivity index (χ3n) is 1.35. The average Bonchev–Trinajstić information content (AvgIpc) is 2.70. The molecule has 0 saturated heterocycles. The van der Waals surface area contributed by atoms with Gasteiger partial charge in [-0.2, -0.15) is 0 Å². The Balaban J connectivity index is 2.25. The molecule has 0 heterocycles. The standard InChI is InChI=1S/C6H10N2O2/c1-7-5(9)6(10)8-4-2-3-4/h4H,2-3H2,1H3,(H,7,9)(H,8,10). The van der Waals surface area contributed by atoms with Crippen molar-refractivity contribution in [1.82, 2.24) is 10.6 Å². The van der Waals surface area contributed by atoms with Crippen molar-refractivity contribution in [1.29, 1.82) is 0 Å². The van der Waals surface area contributed by atoms with Crippen LogP contribution in [0.5, 0.6) is 0 Å². The van der Waals surface area contributed by atoms with E-state index >= 15 is 0 Å². The van der Waals surface area contributed by atoms with E-state index in [1.54, 1.807) is 0 Å². The first-order valence-electron chi connectivity index (χ1n) is 3.26. The van der Waals surface area contributed by atoms with Crippen molar-refractivity contribution in [2.24, 2.45) is 0 Å². The lowest BCUT2D eigenvalue weighted by Crippen LogP contribution is -2.39. The zero-order chi connectivity index (χ0) is 7.56. The molecule has 1 rings (SSSR count). The molecule has 0 unspecified atom stereocenters. The molecule has 1 saturated carbocycles. The molecule has 0 aliphatic heterocycles. The van der Waals surface area contributed by atoms with E-state index in [0.717, 1.165) is 12.8 Å². The second-order valence-corrected chi connectivity index (χ2v) is 2.33. The molecule has 1 fully saturated rings. The first-order valence-corrected chi connectivity index (χ1v) is 3.26. The van der Waals surface area contributed by atoms with Crippen molar-refractivity contribution in [3.8, 4) is 0 Å². The van der Waals surface area contributed by atoms with E-state index < -0.39 is 11.8 Å². The van der Waals surface area contributed by atoms with Gasteiger partial charge in [0.1, 0.15) is 0 Å². The predicted molar refractivity (Wildman–Crippen MR) is 35.2 cm³/mol. The van der Waals surface area contributed by atoms with E-state index in [4.69, 9.17) is 0 Å².